The smallest absolute Gasteiger partial charge is 0.410 e. The summed E-state index contributed by atoms with van der Waals surface area (Å²) in [6.07, 6.45) is 2.43. The predicted molar refractivity (Wildman–Crippen MR) is 96.3 cm³/mol. The molecule has 1 aromatic heterocycles. The van der Waals surface area contributed by atoms with Crippen LogP contribution in [0, 0.1) is 0 Å². The highest BCUT2D eigenvalue weighted by Crippen LogP contribution is 2.15. The number of ether oxygens (including phenoxy) is 3. The second-order valence-electron chi connectivity index (χ2n) is 7.35. The molecule has 0 saturated carbocycles. The maximum atomic E-state index is 12.5. The minimum atomic E-state index is -0.580. The van der Waals surface area contributed by atoms with Gasteiger partial charge in [-0.2, -0.15) is 0 Å². The summed E-state index contributed by atoms with van der Waals surface area (Å²) in [6, 6.07) is 5.37. The minimum Gasteiger partial charge on any atom is -0.444 e. The molecule has 1 fully saturated rings. The topological polar surface area (TPSA) is 81.1 Å². The van der Waals surface area contributed by atoms with Crippen molar-refractivity contribution in [1.29, 1.82) is 0 Å². The monoisotopic (exact) mass is 366 g/mol. The SMILES string of the molecule is CC(C)(C)OC(=O)N(CCOC1CCCCO1)Cc1cccc(CO)n1. The lowest BCUT2D eigenvalue weighted by Crippen LogP contribution is -2.39. The molecule has 26 heavy (non-hydrogen) atoms. The van der Waals surface area contributed by atoms with Gasteiger partial charge in [0.05, 0.1) is 31.1 Å². The first-order valence-electron chi connectivity index (χ1n) is 9.14. The number of carbonyl (C=O) groups excluding carboxylic acids is 1. The molecule has 7 nitrogen and oxygen atoms in total. The van der Waals surface area contributed by atoms with Crippen molar-refractivity contribution in [2.45, 2.75) is 65.1 Å². The van der Waals surface area contributed by atoms with Gasteiger partial charge in [0.2, 0.25) is 0 Å². The highest BCUT2D eigenvalue weighted by molar-refractivity contribution is 5.68. The molecule has 0 spiro atoms. The Morgan fingerprint density at radius 2 is 2.12 bits per heavy atom. The van der Waals surface area contributed by atoms with E-state index in [2.05, 4.69) is 4.98 Å². The Kier molecular flexibility index (Phi) is 7.81. The molecule has 7 heteroatoms. The fourth-order valence-corrected chi connectivity index (χ4v) is 2.60. The molecule has 1 aliphatic rings. The van der Waals surface area contributed by atoms with Gasteiger partial charge < -0.3 is 19.3 Å². The number of aliphatic hydroxyl groups excluding tert-OH is 1. The number of aliphatic hydroxyl groups is 1. The molecule has 0 aromatic carbocycles. The van der Waals surface area contributed by atoms with Crippen molar-refractivity contribution in [3.05, 3.63) is 29.6 Å². The van der Waals surface area contributed by atoms with Crippen molar-refractivity contribution in [3.63, 3.8) is 0 Å². The molecule has 1 N–H and O–H groups in total. The Labute approximate surface area is 155 Å². The quantitative estimate of drug-likeness (QED) is 0.799. The van der Waals surface area contributed by atoms with Gasteiger partial charge in [0.1, 0.15) is 5.60 Å². The molecule has 0 aliphatic carbocycles. The van der Waals surface area contributed by atoms with E-state index < -0.39 is 11.7 Å². The van der Waals surface area contributed by atoms with Gasteiger partial charge in [-0.15, -0.1) is 0 Å². The summed E-state index contributed by atoms with van der Waals surface area (Å²) in [5, 5.41) is 9.24. The fraction of sp³-hybridized carbons (Fsp3) is 0.684. The third-order valence-electron chi connectivity index (χ3n) is 3.83. The first-order chi connectivity index (χ1) is 12.4. The fourth-order valence-electron chi connectivity index (χ4n) is 2.60. The van der Waals surface area contributed by atoms with E-state index in [-0.39, 0.29) is 19.4 Å². The second-order valence-corrected chi connectivity index (χ2v) is 7.35. The zero-order valence-electron chi connectivity index (χ0n) is 15.9. The number of aromatic nitrogens is 1. The molecule has 0 radical (unpaired) electrons. The Bertz CT molecular complexity index is 567. The van der Waals surface area contributed by atoms with Gasteiger partial charge in [-0.3, -0.25) is 9.88 Å². The van der Waals surface area contributed by atoms with Crippen molar-refractivity contribution in [3.8, 4) is 0 Å². The molecule has 1 aliphatic heterocycles. The summed E-state index contributed by atoms with van der Waals surface area (Å²) >= 11 is 0. The molecule has 0 bridgehead atoms. The Morgan fingerprint density at radius 1 is 1.35 bits per heavy atom. The average Bonchev–Trinajstić information content (AvgIpc) is 2.60. The third-order valence-corrected chi connectivity index (χ3v) is 3.83. The number of pyridine rings is 1. The molecular formula is C19H30N2O5. The Hall–Kier alpha value is -1.70. The molecule has 1 aromatic rings. The number of hydrogen-bond donors (Lipinski definition) is 1. The van der Waals surface area contributed by atoms with Crippen LogP contribution >= 0.6 is 0 Å². The van der Waals surface area contributed by atoms with Gasteiger partial charge in [0.15, 0.2) is 6.29 Å². The van der Waals surface area contributed by atoms with Crippen molar-refractivity contribution in [1.82, 2.24) is 9.88 Å². The molecular weight excluding hydrogens is 336 g/mol. The lowest BCUT2D eigenvalue weighted by Gasteiger charge is -2.28. The summed E-state index contributed by atoms with van der Waals surface area (Å²) in [6.45, 7) is 7.11. The summed E-state index contributed by atoms with van der Waals surface area (Å²) in [7, 11) is 0. The van der Waals surface area contributed by atoms with Gasteiger partial charge in [-0.05, 0) is 52.2 Å². The molecule has 1 atom stereocenters. The van der Waals surface area contributed by atoms with E-state index in [0.29, 0.717) is 24.5 Å². The van der Waals surface area contributed by atoms with Crippen molar-refractivity contribution >= 4 is 6.09 Å². The van der Waals surface area contributed by atoms with E-state index >= 15 is 0 Å². The van der Waals surface area contributed by atoms with E-state index in [0.717, 1.165) is 25.9 Å². The van der Waals surface area contributed by atoms with Gasteiger partial charge in [-0.25, -0.2) is 4.79 Å². The number of hydrogen-bond acceptors (Lipinski definition) is 6. The van der Waals surface area contributed by atoms with E-state index in [1.807, 2.05) is 32.9 Å². The average molecular weight is 366 g/mol. The summed E-state index contributed by atoms with van der Waals surface area (Å²) < 4.78 is 16.8. The van der Waals surface area contributed by atoms with Gasteiger partial charge in [0.25, 0.3) is 0 Å². The maximum Gasteiger partial charge on any atom is 0.410 e. The highest BCUT2D eigenvalue weighted by atomic mass is 16.7. The molecule has 1 saturated heterocycles. The lowest BCUT2D eigenvalue weighted by atomic mass is 10.2. The van der Waals surface area contributed by atoms with E-state index in [9.17, 15) is 9.90 Å². The second kappa shape index (κ2) is 9.85. The normalized spacial score (nSPS) is 17.8. The van der Waals surface area contributed by atoms with Gasteiger partial charge in [-0.1, -0.05) is 6.07 Å². The van der Waals surface area contributed by atoms with E-state index in [4.69, 9.17) is 14.2 Å². The van der Waals surface area contributed by atoms with Crippen molar-refractivity contribution in [2.75, 3.05) is 19.8 Å². The Balaban J connectivity index is 1.96. The van der Waals surface area contributed by atoms with Crippen molar-refractivity contribution < 1.29 is 24.1 Å². The van der Waals surface area contributed by atoms with Crippen LogP contribution in [-0.2, 0) is 27.4 Å². The molecule has 2 heterocycles. The number of amides is 1. The van der Waals surface area contributed by atoms with Crippen LogP contribution in [0.5, 0.6) is 0 Å². The number of carbonyl (C=O) groups is 1. The van der Waals surface area contributed by atoms with E-state index in [1.54, 1.807) is 11.0 Å². The zero-order chi connectivity index (χ0) is 19.0. The van der Waals surface area contributed by atoms with Crippen LogP contribution in [0.3, 0.4) is 0 Å². The molecule has 2 rings (SSSR count). The number of rotatable bonds is 7. The zero-order valence-corrected chi connectivity index (χ0v) is 15.9. The van der Waals surface area contributed by atoms with Crippen LogP contribution in [0.1, 0.15) is 51.4 Å². The predicted octanol–water partition coefficient (Wildman–Crippen LogP) is 2.85. The first kappa shape index (κ1) is 20.6. The molecule has 1 unspecified atom stereocenters. The standard InChI is InChI=1S/C19H30N2O5/c1-19(2,3)26-18(23)21(10-12-25-17-9-4-5-11-24-17)13-15-7-6-8-16(14-22)20-15/h6-8,17,22H,4-5,9-14H2,1-3H3. The first-order valence-corrected chi connectivity index (χ1v) is 9.14. The molecule has 1 amide bonds. The van der Waals surface area contributed by atoms with Crippen molar-refractivity contribution in [2.24, 2.45) is 0 Å². The van der Waals surface area contributed by atoms with Gasteiger partial charge >= 0.3 is 6.09 Å². The van der Waals surface area contributed by atoms with Crippen LogP contribution in [0.15, 0.2) is 18.2 Å². The van der Waals surface area contributed by atoms with Gasteiger partial charge in [0, 0.05) is 13.2 Å². The largest absolute Gasteiger partial charge is 0.444 e. The van der Waals surface area contributed by atoms with Crippen LogP contribution in [0.4, 0.5) is 4.79 Å². The maximum absolute atomic E-state index is 12.5. The van der Waals surface area contributed by atoms with Crippen LogP contribution in [0.25, 0.3) is 0 Å². The summed E-state index contributed by atoms with van der Waals surface area (Å²) in [5.74, 6) is 0. The van der Waals surface area contributed by atoms with E-state index in [1.165, 1.54) is 0 Å². The Morgan fingerprint density at radius 3 is 2.77 bits per heavy atom. The highest BCUT2D eigenvalue weighted by Gasteiger charge is 2.23. The summed E-state index contributed by atoms with van der Waals surface area (Å²) in [5.41, 5.74) is 0.679. The van der Waals surface area contributed by atoms with Crippen LogP contribution < -0.4 is 0 Å². The molecule has 146 valence electrons. The van der Waals surface area contributed by atoms with Crippen LogP contribution in [-0.4, -0.2) is 52.7 Å². The van der Waals surface area contributed by atoms with Crippen LogP contribution in [0.2, 0.25) is 0 Å². The number of nitrogens with zero attached hydrogens (tertiary/aromatic N) is 2. The lowest BCUT2D eigenvalue weighted by molar-refractivity contribution is -0.164. The summed E-state index contributed by atoms with van der Waals surface area (Å²) in [4.78, 5) is 18.4. The minimum absolute atomic E-state index is 0.137. The third kappa shape index (κ3) is 7.27.